The zero-order valence-corrected chi connectivity index (χ0v) is 12.5. The van der Waals surface area contributed by atoms with E-state index in [0.29, 0.717) is 21.9 Å². The minimum atomic E-state index is 0.239. The first-order chi connectivity index (χ1) is 8.89. The number of nitriles is 1. The quantitative estimate of drug-likeness (QED) is 0.777. The molecule has 0 bridgehead atoms. The molecule has 0 aliphatic heterocycles. The molecule has 2 atom stereocenters. The number of hydrogen-bond donors (Lipinski definition) is 0. The van der Waals surface area contributed by atoms with Crippen LogP contribution in [-0.4, -0.2) is 6.10 Å². The van der Waals surface area contributed by atoms with E-state index < -0.39 is 0 Å². The van der Waals surface area contributed by atoms with Crippen LogP contribution in [0, 0.1) is 22.7 Å². The Kier molecular flexibility index (Phi) is 4.06. The summed E-state index contributed by atoms with van der Waals surface area (Å²) in [6.45, 7) is 6.87. The molecule has 102 valence electrons. The molecule has 1 aromatic carbocycles. The van der Waals surface area contributed by atoms with Gasteiger partial charge in [0.2, 0.25) is 0 Å². The average molecular weight is 278 g/mol. The molecule has 2 rings (SSSR count). The van der Waals surface area contributed by atoms with Gasteiger partial charge in [-0.25, -0.2) is 0 Å². The maximum Gasteiger partial charge on any atom is 0.121 e. The van der Waals surface area contributed by atoms with Crippen LogP contribution in [0.25, 0.3) is 0 Å². The number of halogens is 1. The van der Waals surface area contributed by atoms with Crippen LogP contribution in [0.15, 0.2) is 18.2 Å². The smallest absolute Gasteiger partial charge is 0.121 e. The van der Waals surface area contributed by atoms with Crippen LogP contribution in [0.1, 0.15) is 45.6 Å². The first-order valence-electron chi connectivity index (χ1n) is 6.76. The Bertz CT molecular complexity index is 504. The highest BCUT2D eigenvalue weighted by Crippen LogP contribution is 2.40. The lowest BCUT2D eigenvalue weighted by atomic mass is 9.71. The fourth-order valence-electron chi connectivity index (χ4n) is 3.20. The molecule has 0 saturated heterocycles. The Morgan fingerprint density at radius 3 is 2.68 bits per heavy atom. The van der Waals surface area contributed by atoms with Crippen LogP contribution in [0.2, 0.25) is 5.02 Å². The summed E-state index contributed by atoms with van der Waals surface area (Å²) in [5, 5.41) is 9.32. The number of benzene rings is 1. The summed E-state index contributed by atoms with van der Waals surface area (Å²) in [5.41, 5.74) is 0.824. The van der Waals surface area contributed by atoms with Crippen molar-refractivity contribution in [2.75, 3.05) is 0 Å². The second-order valence-electron chi connectivity index (χ2n) is 6.41. The molecule has 3 heteroatoms. The largest absolute Gasteiger partial charge is 0.490 e. The first kappa shape index (κ1) is 14.2. The Balaban J connectivity index is 2.09. The predicted octanol–water partition coefficient (Wildman–Crippen LogP) is 4.81. The molecule has 1 aromatic rings. The van der Waals surface area contributed by atoms with Crippen molar-refractivity contribution in [3.05, 3.63) is 28.8 Å². The van der Waals surface area contributed by atoms with Gasteiger partial charge in [0.15, 0.2) is 0 Å². The monoisotopic (exact) mass is 277 g/mol. The highest BCUT2D eigenvalue weighted by Gasteiger charge is 2.33. The standard InChI is InChI=1S/C16H20ClNO/c1-11-6-14(9-16(2,3)8-11)19-13-5-4-12(10-18)15(17)7-13/h4-5,7,11,14H,6,8-9H2,1-3H3. The van der Waals surface area contributed by atoms with Gasteiger partial charge in [0, 0.05) is 6.07 Å². The fourth-order valence-corrected chi connectivity index (χ4v) is 3.41. The number of ether oxygens (including phenoxy) is 1. The van der Waals surface area contributed by atoms with Crippen molar-refractivity contribution in [3.63, 3.8) is 0 Å². The summed E-state index contributed by atoms with van der Waals surface area (Å²) in [6.07, 6.45) is 3.64. The lowest BCUT2D eigenvalue weighted by molar-refractivity contribution is 0.0563. The van der Waals surface area contributed by atoms with E-state index in [-0.39, 0.29) is 6.10 Å². The minimum Gasteiger partial charge on any atom is -0.490 e. The van der Waals surface area contributed by atoms with E-state index in [1.165, 1.54) is 6.42 Å². The Morgan fingerprint density at radius 1 is 1.37 bits per heavy atom. The Morgan fingerprint density at radius 2 is 2.11 bits per heavy atom. The Hall–Kier alpha value is -1.20. The highest BCUT2D eigenvalue weighted by atomic mass is 35.5. The molecule has 2 unspecified atom stereocenters. The molecule has 19 heavy (non-hydrogen) atoms. The molecular weight excluding hydrogens is 258 g/mol. The summed E-state index contributed by atoms with van der Waals surface area (Å²) in [6, 6.07) is 7.35. The summed E-state index contributed by atoms with van der Waals surface area (Å²) >= 11 is 6.03. The van der Waals surface area contributed by atoms with E-state index in [9.17, 15) is 0 Å². The third-order valence-corrected chi connectivity index (χ3v) is 4.02. The number of hydrogen-bond acceptors (Lipinski definition) is 2. The first-order valence-corrected chi connectivity index (χ1v) is 7.14. The van der Waals surface area contributed by atoms with Gasteiger partial charge in [-0.2, -0.15) is 5.26 Å². The van der Waals surface area contributed by atoms with Gasteiger partial charge in [0.25, 0.3) is 0 Å². The maximum absolute atomic E-state index is 8.86. The van der Waals surface area contributed by atoms with Gasteiger partial charge in [-0.1, -0.05) is 32.4 Å². The molecule has 0 radical (unpaired) electrons. The fraction of sp³-hybridized carbons (Fsp3) is 0.562. The molecule has 0 aromatic heterocycles. The molecule has 1 saturated carbocycles. The van der Waals surface area contributed by atoms with E-state index in [0.717, 1.165) is 18.6 Å². The van der Waals surface area contributed by atoms with E-state index in [4.69, 9.17) is 21.6 Å². The molecule has 0 spiro atoms. The highest BCUT2D eigenvalue weighted by molar-refractivity contribution is 6.31. The summed E-state index contributed by atoms with van der Waals surface area (Å²) < 4.78 is 6.05. The molecule has 1 fully saturated rings. The lowest BCUT2D eigenvalue weighted by Gasteiger charge is -2.38. The van der Waals surface area contributed by atoms with Crippen LogP contribution >= 0.6 is 11.6 Å². The third kappa shape index (κ3) is 3.64. The van der Waals surface area contributed by atoms with Gasteiger partial charge in [-0.05, 0) is 42.7 Å². The number of nitrogens with zero attached hydrogens (tertiary/aromatic N) is 1. The molecule has 1 aliphatic rings. The van der Waals surface area contributed by atoms with E-state index >= 15 is 0 Å². The van der Waals surface area contributed by atoms with Gasteiger partial charge >= 0.3 is 0 Å². The third-order valence-electron chi connectivity index (χ3n) is 3.71. The van der Waals surface area contributed by atoms with Crippen molar-refractivity contribution in [3.8, 4) is 11.8 Å². The van der Waals surface area contributed by atoms with Crippen molar-refractivity contribution < 1.29 is 4.74 Å². The SMILES string of the molecule is CC1CC(Oc2ccc(C#N)c(Cl)c2)CC(C)(C)C1. The van der Waals surface area contributed by atoms with Crippen LogP contribution in [0.4, 0.5) is 0 Å². The molecule has 0 N–H and O–H groups in total. The van der Waals surface area contributed by atoms with E-state index in [1.54, 1.807) is 12.1 Å². The topological polar surface area (TPSA) is 33.0 Å². The van der Waals surface area contributed by atoms with Gasteiger partial charge in [-0.15, -0.1) is 0 Å². The van der Waals surface area contributed by atoms with Gasteiger partial charge in [0.05, 0.1) is 16.7 Å². The van der Waals surface area contributed by atoms with Crippen molar-refractivity contribution in [1.82, 2.24) is 0 Å². The second-order valence-corrected chi connectivity index (χ2v) is 6.81. The predicted molar refractivity (Wildman–Crippen MR) is 77.4 cm³/mol. The zero-order chi connectivity index (χ0) is 14.0. The van der Waals surface area contributed by atoms with Crippen LogP contribution < -0.4 is 4.74 Å². The minimum absolute atomic E-state index is 0.239. The van der Waals surface area contributed by atoms with Gasteiger partial charge < -0.3 is 4.74 Å². The molecular formula is C16H20ClNO. The molecule has 1 aliphatic carbocycles. The van der Waals surface area contributed by atoms with Gasteiger partial charge in [-0.3, -0.25) is 0 Å². The van der Waals surface area contributed by atoms with Crippen molar-refractivity contribution >= 4 is 11.6 Å². The van der Waals surface area contributed by atoms with Crippen molar-refractivity contribution in [2.24, 2.45) is 11.3 Å². The maximum atomic E-state index is 8.86. The van der Waals surface area contributed by atoms with Crippen LogP contribution in [0.3, 0.4) is 0 Å². The number of rotatable bonds is 2. The summed E-state index contributed by atoms with van der Waals surface area (Å²) in [5.74, 6) is 1.45. The van der Waals surface area contributed by atoms with Crippen molar-refractivity contribution in [1.29, 1.82) is 5.26 Å². The molecule has 0 heterocycles. The lowest BCUT2D eigenvalue weighted by Crippen LogP contribution is -2.34. The summed E-state index contributed by atoms with van der Waals surface area (Å²) in [7, 11) is 0. The van der Waals surface area contributed by atoms with Crippen LogP contribution in [0.5, 0.6) is 5.75 Å². The zero-order valence-electron chi connectivity index (χ0n) is 11.7. The summed E-state index contributed by atoms with van der Waals surface area (Å²) in [4.78, 5) is 0. The van der Waals surface area contributed by atoms with Crippen molar-refractivity contribution in [2.45, 2.75) is 46.1 Å². The van der Waals surface area contributed by atoms with Crippen LogP contribution in [-0.2, 0) is 0 Å². The normalized spacial score (nSPS) is 25.6. The van der Waals surface area contributed by atoms with Gasteiger partial charge in [0.1, 0.15) is 11.8 Å². The van der Waals surface area contributed by atoms with E-state index in [1.807, 2.05) is 6.07 Å². The van der Waals surface area contributed by atoms with E-state index in [2.05, 4.69) is 26.8 Å². The molecule has 2 nitrogen and oxygen atoms in total. The molecule has 0 amide bonds. The Labute approximate surface area is 120 Å². The average Bonchev–Trinajstić information content (AvgIpc) is 2.26. The second kappa shape index (κ2) is 5.43.